The topological polar surface area (TPSA) is 52.3 Å². The monoisotopic (exact) mass is 207 g/mol. The van der Waals surface area contributed by atoms with Gasteiger partial charge >= 0.3 is 0 Å². The molecule has 0 aromatic heterocycles. The molecule has 3 nitrogen and oxygen atoms in total. The van der Waals surface area contributed by atoms with Crippen LogP contribution in [0.25, 0.3) is 0 Å². The van der Waals surface area contributed by atoms with Crippen molar-refractivity contribution >= 4 is 11.5 Å². The molecule has 1 aromatic rings. The summed E-state index contributed by atoms with van der Waals surface area (Å²) >= 11 is 0. The van der Waals surface area contributed by atoms with Gasteiger partial charge in [-0.1, -0.05) is 19.1 Å². The van der Waals surface area contributed by atoms with E-state index in [2.05, 4.69) is 0 Å². The van der Waals surface area contributed by atoms with Gasteiger partial charge in [0.25, 0.3) is 0 Å². The van der Waals surface area contributed by atoms with Crippen molar-refractivity contribution in [2.75, 3.05) is 18.9 Å². The van der Waals surface area contributed by atoms with Crippen molar-refractivity contribution < 1.29 is 9.53 Å². The number of benzene rings is 1. The fraction of sp³-hybridized carbons (Fsp3) is 0.417. The molecule has 1 aromatic carbocycles. The molecule has 0 saturated heterocycles. The van der Waals surface area contributed by atoms with Gasteiger partial charge in [-0.25, -0.2) is 0 Å². The number of nitrogen functional groups attached to an aromatic ring is 1. The Morgan fingerprint density at radius 2 is 2.00 bits per heavy atom. The fourth-order valence-corrected chi connectivity index (χ4v) is 1.24. The van der Waals surface area contributed by atoms with Crippen LogP contribution in [0.15, 0.2) is 24.3 Å². The maximum Gasteiger partial charge on any atom is 0.162 e. The molecule has 82 valence electrons. The minimum Gasteiger partial charge on any atom is -0.399 e. The van der Waals surface area contributed by atoms with E-state index in [1.807, 2.05) is 19.1 Å². The van der Waals surface area contributed by atoms with Crippen molar-refractivity contribution in [3.63, 3.8) is 0 Å². The molecule has 1 rings (SSSR count). The third-order valence-electron chi connectivity index (χ3n) is 1.99. The normalized spacial score (nSPS) is 10.2. The van der Waals surface area contributed by atoms with E-state index < -0.39 is 0 Å². The number of nitrogens with two attached hydrogens (primary N) is 1. The summed E-state index contributed by atoms with van der Waals surface area (Å²) in [7, 11) is 0. The Morgan fingerprint density at radius 1 is 1.33 bits per heavy atom. The number of hydrogen-bond acceptors (Lipinski definition) is 3. The minimum atomic E-state index is 0.105. The van der Waals surface area contributed by atoms with E-state index in [9.17, 15) is 4.79 Å². The molecule has 0 radical (unpaired) electrons. The highest BCUT2D eigenvalue weighted by Crippen LogP contribution is 2.06. The molecule has 0 aliphatic rings. The van der Waals surface area contributed by atoms with Gasteiger partial charge in [-0.3, -0.25) is 4.79 Å². The number of carbonyl (C=O) groups is 1. The second kappa shape index (κ2) is 6.19. The number of anilines is 1. The first-order chi connectivity index (χ1) is 7.22. The molecule has 0 amide bonds. The maximum absolute atomic E-state index is 11.4. The van der Waals surface area contributed by atoms with Crippen molar-refractivity contribution in [3.05, 3.63) is 29.8 Å². The summed E-state index contributed by atoms with van der Waals surface area (Å²) in [5, 5.41) is 0. The number of hydrogen-bond donors (Lipinski definition) is 1. The first-order valence-corrected chi connectivity index (χ1v) is 5.16. The molecular weight excluding hydrogens is 190 g/mol. The molecule has 15 heavy (non-hydrogen) atoms. The van der Waals surface area contributed by atoms with Crippen molar-refractivity contribution in [1.29, 1.82) is 0 Å². The SMILES string of the molecule is CCCOCC(=O)Cc1ccc(N)cc1. The Kier molecular flexibility index (Phi) is 4.84. The average molecular weight is 207 g/mol. The van der Waals surface area contributed by atoms with Crippen LogP contribution in [0.3, 0.4) is 0 Å². The lowest BCUT2D eigenvalue weighted by Gasteiger charge is -2.02. The van der Waals surface area contributed by atoms with Crippen molar-refractivity contribution in [2.24, 2.45) is 0 Å². The highest BCUT2D eigenvalue weighted by Gasteiger charge is 2.03. The third-order valence-corrected chi connectivity index (χ3v) is 1.99. The summed E-state index contributed by atoms with van der Waals surface area (Å²) in [6, 6.07) is 7.34. The molecule has 0 fully saturated rings. The summed E-state index contributed by atoms with van der Waals surface area (Å²) in [5.74, 6) is 0.105. The van der Waals surface area contributed by atoms with Gasteiger partial charge in [-0.2, -0.15) is 0 Å². The lowest BCUT2D eigenvalue weighted by atomic mass is 10.1. The first-order valence-electron chi connectivity index (χ1n) is 5.16. The summed E-state index contributed by atoms with van der Waals surface area (Å²) in [6.45, 7) is 2.87. The van der Waals surface area contributed by atoms with Crippen LogP contribution in [0.4, 0.5) is 5.69 Å². The molecular formula is C12H17NO2. The van der Waals surface area contributed by atoms with Gasteiger partial charge in [0.05, 0.1) is 0 Å². The Balaban J connectivity index is 2.34. The predicted molar refractivity (Wildman–Crippen MR) is 60.7 cm³/mol. The van der Waals surface area contributed by atoms with Gasteiger partial charge in [-0.05, 0) is 24.1 Å². The largest absolute Gasteiger partial charge is 0.399 e. The molecule has 0 atom stereocenters. The van der Waals surface area contributed by atoms with Gasteiger partial charge in [-0.15, -0.1) is 0 Å². The summed E-state index contributed by atoms with van der Waals surface area (Å²) in [6.07, 6.45) is 1.36. The third kappa shape index (κ3) is 4.61. The number of carbonyl (C=O) groups excluding carboxylic acids is 1. The Hall–Kier alpha value is -1.35. The highest BCUT2D eigenvalue weighted by molar-refractivity contribution is 5.82. The second-order valence-corrected chi connectivity index (χ2v) is 3.51. The van der Waals surface area contributed by atoms with E-state index >= 15 is 0 Å². The van der Waals surface area contributed by atoms with Gasteiger partial charge in [0.2, 0.25) is 0 Å². The van der Waals surface area contributed by atoms with Gasteiger partial charge in [0, 0.05) is 18.7 Å². The van der Waals surface area contributed by atoms with Crippen LogP contribution in [0.5, 0.6) is 0 Å². The van der Waals surface area contributed by atoms with Gasteiger partial charge in [0.1, 0.15) is 6.61 Å². The number of ketones is 1. The molecule has 0 heterocycles. The van der Waals surface area contributed by atoms with Crippen LogP contribution in [0, 0.1) is 0 Å². The quantitative estimate of drug-likeness (QED) is 0.571. The van der Waals surface area contributed by atoms with E-state index in [1.54, 1.807) is 12.1 Å². The Labute approximate surface area is 90.2 Å². The van der Waals surface area contributed by atoms with Crippen molar-refractivity contribution in [2.45, 2.75) is 19.8 Å². The zero-order valence-electron chi connectivity index (χ0n) is 9.03. The lowest BCUT2D eigenvalue weighted by molar-refractivity contribution is -0.122. The highest BCUT2D eigenvalue weighted by atomic mass is 16.5. The zero-order valence-corrected chi connectivity index (χ0v) is 9.03. The van der Waals surface area contributed by atoms with Gasteiger partial charge in [0.15, 0.2) is 5.78 Å². The van der Waals surface area contributed by atoms with E-state index in [1.165, 1.54) is 0 Å². The predicted octanol–water partition coefficient (Wildman–Crippen LogP) is 1.81. The molecule has 0 bridgehead atoms. The molecule has 0 aliphatic carbocycles. The summed E-state index contributed by atoms with van der Waals surface area (Å²) in [5.41, 5.74) is 7.24. The molecule has 0 unspecified atom stereocenters. The van der Waals surface area contributed by atoms with E-state index in [-0.39, 0.29) is 12.4 Å². The number of ether oxygens (including phenoxy) is 1. The van der Waals surface area contributed by atoms with Gasteiger partial charge < -0.3 is 10.5 Å². The second-order valence-electron chi connectivity index (χ2n) is 3.51. The molecule has 3 heteroatoms. The fourth-order valence-electron chi connectivity index (χ4n) is 1.24. The molecule has 0 saturated carbocycles. The summed E-state index contributed by atoms with van der Waals surface area (Å²) < 4.78 is 5.17. The van der Waals surface area contributed by atoms with Crippen molar-refractivity contribution in [1.82, 2.24) is 0 Å². The summed E-state index contributed by atoms with van der Waals surface area (Å²) in [4.78, 5) is 11.4. The van der Waals surface area contributed by atoms with Crippen molar-refractivity contribution in [3.8, 4) is 0 Å². The van der Waals surface area contributed by atoms with E-state index in [0.717, 1.165) is 12.0 Å². The zero-order chi connectivity index (χ0) is 11.1. The molecule has 0 spiro atoms. The number of rotatable bonds is 6. The number of Topliss-reactive ketones (excluding diaryl/α,β-unsaturated/α-hetero) is 1. The van der Waals surface area contributed by atoms with Crippen LogP contribution in [-0.2, 0) is 16.0 Å². The Morgan fingerprint density at radius 3 is 2.60 bits per heavy atom. The van der Waals surface area contributed by atoms with Crippen LogP contribution >= 0.6 is 0 Å². The first kappa shape index (κ1) is 11.7. The van der Waals surface area contributed by atoms with E-state index in [0.29, 0.717) is 18.7 Å². The average Bonchev–Trinajstić information content (AvgIpc) is 2.22. The van der Waals surface area contributed by atoms with E-state index in [4.69, 9.17) is 10.5 Å². The maximum atomic E-state index is 11.4. The van der Waals surface area contributed by atoms with Crippen LogP contribution in [0.2, 0.25) is 0 Å². The van der Waals surface area contributed by atoms with Crippen LogP contribution in [-0.4, -0.2) is 19.0 Å². The molecule has 2 N–H and O–H groups in total. The minimum absolute atomic E-state index is 0.105. The standard InChI is InChI=1S/C12H17NO2/c1-2-7-15-9-12(14)8-10-3-5-11(13)6-4-10/h3-6H,2,7-9,13H2,1H3. The van der Waals surface area contributed by atoms with Crippen LogP contribution < -0.4 is 5.73 Å². The molecule has 0 aliphatic heterocycles. The smallest absolute Gasteiger partial charge is 0.162 e. The van der Waals surface area contributed by atoms with Crippen LogP contribution in [0.1, 0.15) is 18.9 Å². The Bertz CT molecular complexity index is 306. The lowest BCUT2D eigenvalue weighted by Crippen LogP contribution is -2.11.